The summed E-state index contributed by atoms with van der Waals surface area (Å²) >= 11 is 0. The van der Waals surface area contributed by atoms with Crippen LogP contribution in [0.2, 0.25) is 0 Å². The van der Waals surface area contributed by atoms with Crippen LogP contribution >= 0.6 is 0 Å². The van der Waals surface area contributed by atoms with E-state index in [9.17, 15) is 9.18 Å². The summed E-state index contributed by atoms with van der Waals surface area (Å²) in [6, 6.07) is 4.30. The SMILES string of the molecule is C[C@@H]1CC(C=O)c2cc(F)ccc2O1. The van der Waals surface area contributed by atoms with Gasteiger partial charge >= 0.3 is 0 Å². The van der Waals surface area contributed by atoms with Gasteiger partial charge in [0.15, 0.2) is 0 Å². The molecule has 14 heavy (non-hydrogen) atoms. The normalized spacial score (nSPS) is 25.0. The highest BCUT2D eigenvalue weighted by Crippen LogP contribution is 2.35. The van der Waals surface area contributed by atoms with Gasteiger partial charge < -0.3 is 9.53 Å². The second-order valence-corrected chi connectivity index (χ2v) is 3.59. The van der Waals surface area contributed by atoms with Crippen molar-refractivity contribution in [3.63, 3.8) is 0 Å². The highest BCUT2D eigenvalue weighted by atomic mass is 19.1. The first-order chi connectivity index (χ1) is 6.70. The van der Waals surface area contributed by atoms with Crippen molar-refractivity contribution in [3.05, 3.63) is 29.6 Å². The summed E-state index contributed by atoms with van der Waals surface area (Å²) in [5, 5.41) is 0. The molecule has 0 bridgehead atoms. The van der Waals surface area contributed by atoms with Gasteiger partial charge in [-0.2, -0.15) is 0 Å². The molecule has 2 rings (SSSR count). The largest absolute Gasteiger partial charge is 0.490 e. The zero-order chi connectivity index (χ0) is 10.1. The zero-order valence-corrected chi connectivity index (χ0v) is 7.87. The summed E-state index contributed by atoms with van der Waals surface area (Å²) in [6.45, 7) is 1.91. The molecule has 0 radical (unpaired) electrons. The van der Waals surface area contributed by atoms with E-state index < -0.39 is 0 Å². The lowest BCUT2D eigenvalue weighted by Crippen LogP contribution is -2.23. The highest BCUT2D eigenvalue weighted by Gasteiger charge is 2.25. The lowest BCUT2D eigenvalue weighted by atomic mass is 9.91. The van der Waals surface area contributed by atoms with E-state index in [1.165, 1.54) is 12.1 Å². The van der Waals surface area contributed by atoms with Crippen LogP contribution in [0.1, 0.15) is 24.8 Å². The fourth-order valence-electron chi connectivity index (χ4n) is 1.79. The molecule has 0 amide bonds. The van der Waals surface area contributed by atoms with E-state index in [0.717, 1.165) is 6.29 Å². The average molecular weight is 194 g/mol. The molecule has 2 atom stereocenters. The minimum Gasteiger partial charge on any atom is -0.490 e. The standard InChI is InChI=1S/C11H11FO2/c1-7-4-8(6-13)10-5-9(12)2-3-11(10)14-7/h2-3,5-8H,4H2,1H3/t7-,8?/m1/s1. The van der Waals surface area contributed by atoms with Crippen molar-refractivity contribution in [2.45, 2.75) is 25.4 Å². The molecule has 1 heterocycles. The molecular formula is C11H11FO2. The van der Waals surface area contributed by atoms with Crippen molar-refractivity contribution < 1.29 is 13.9 Å². The Hall–Kier alpha value is -1.38. The van der Waals surface area contributed by atoms with Crippen LogP contribution in [0.15, 0.2) is 18.2 Å². The van der Waals surface area contributed by atoms with Crippen molar-refractivity contribution >= 4 is 6.29 Å². The monoisotopic (exact) mass is 194 g/mol. The third-order valence-electron chi connectivity index (χ3n) is 2.45. The Kier molecular flexibility index (Phi) is 2.23. The summed E-state index contributed by atoms with van der Waals surface area (Å²) in [5.41, 5.74) is 0.665. The number of hydrogen-bond donors (Lipinski definition) is 0. The van der Waals surface area contributed by atoms with E-state index in [1.54, 1.807) is 6.07 Å². The third kappa shape index (κ3) is 1.50. The molecule has 0 spiro atoms. The smallest absolute Gasteiger partial charge is 0.127 e. The quantitative estimate of drug-likeness (QED) is 0.641. The van der Waals surface area contributed by atoms with E-state index in [1.807, 2.05) is 6.92 Å². The summed E-state index contributed by atoms with van der Waals surface area (Å²) in [5.74, 6) is 0.0699. The van der Waals surface area contributed by atoms with Crippen molar-refractivity contribution in [1.82, 2.24) is 0 Å². The van der Waals surface area contributed by atoms with Gasteiger partial charge in [0, 0.05) is 11.5 Å². The molecule has 0 aromatic heterocycles. The molecule has 0 aliphatic carbocycles. The van der Waals surface area contributed by atoms with Crippen LogP contribution in [-0.4, -0.2) is 12.4 Å². The molecule has 0 fully saturated rings. The summed E-state index contributed by atoms with van der Waals surface area (Å²) in [6.07, 6.45) is 1.50. The van der Waals surface area contributed by atoms with E-state index in [-0.39, 0.29) is 17.8 Å². The van der Waals surface area contributed by atoms with Gasteiger partial charge in [0.2, 0.25) is 0 Å². The van der Waals surface area contributed by atoms with Gasteiger partial charge in [-0.15, -0.1) is 0 Å². The van der Waals surface area contributed by atoms with Gasteiger partial charge in [0.25, 0.3) is 0 Å². The van der Waals surface area contributed by atoms with Crippen molar-refractivity contribution in [2.24, 2.45) is 0 Å². The number of rotatable bonds is 1. The zero-order valence-electron chi connectivity index (χ0n) is 7.87. The van der Waals surface area contributed by atoms with E-state index in [0.29, 0.717) is 17.7 Å². The Balaban J connectivity index is 2.46. The minimum atomic E-state index is -0.325. The van der Waals surface area contributed by atoms with Gasteiger partial charge in [-0.25, -0.2) is 4.39 Å². The van der Waals surface area contributed by atoms with Crippen LogP contribution in [0, 0.1) is 5.82 Å². The van der Waals surface area contributed by atoms with Crippen molar-refractivity contribution in [3.8, 4) is 5.75 Å². The highest BCUT2D eigenvalue weighted by molar-refractivity contribution is 5.65. The van der Waals surface area contributed by atoms with Gasteiger partial charge in [-0.05, 0) is 31.5 Å². The van der Waals surface area contributed by atoms with E-state index in [2.05, 4.69) is 0 Å². The molecule has 1 aromatic carbocycles. The summed E-state index contributed by atoms with van der Waals surface area (Å²) in [7, 11) is 0. The fourth-order valence-corrected chi connectivity index (χ4v) is 1.79. The number of carbonyl (C=O) groups is 1. The van der Waals surface area contributed by atoms with E-state index in [4.69, 9.17) is 4.74 Å². The molecule has 1 aromatic rings. The van der Waals surface area contributed by atoms with Gasteiger partial charge in [0.05, 0.1) is 6.10 Å². The summed E-state index contributed by atoms with van der Waals surface area (Å²) < 4.78 is 18.4. The molecule has 0 N–H and O–H groups in total. The second-order valence-electron chi connectivity index (χ2n) is 3.59. The molecule has 1 aliphatic heterocycles. The first-order valence-electron chi connectivity index (χ1n) is 4.62. The van der Waals surface area contributed by atoms with Crippen molar-refractivity contribution in [2.75, 3.05) is 0 Å². The predicted molar refractivity (Wildman–Crippen MR) is 49.9 cm³/mol. The Morgan fingerprint density at radius 2 is 2.36 bits per heavy atom. The molecule has 0 saturated carbocycles. The second kappa shape index (κ2) is 3.40. The number of fused-ring (bicyclic) bond motifs is 1. The molecular weight excluding hydrogens is 183 g/mol. The molecule has 3 heteroatoms. The van der Waals surface area contributed by atoms with Gasteiger partial charge in [-0.3, -0.25) is 0 Å². The van der Waals surface area contributed by atoms with Crippen LogP contribution in [0.25, 0.3) is 0 Å². The van der Waals surface area contributed by atoms with Crippen LogP contribution in [-0.2, 0) is 4.79 Å². The maximum atomic E-state index is 12.9. The maximum Gasteiger partial charge on any atom is 0.127 e. The van der Waals surface area contributed by atoms with Crippen LogP contribution in [0.3, 0.4) is 0 Å². The fraction of sp³-hybridized carbons (Fsp3) is 0.364. The first-order valence-corrected chi connectivity index (χ1v) is 4.62. The third-order valence-corrected chi connectivity index (χ3v) is 2.45. The average Bonchev–Trinajstić information content (AvgIpc) is 2.17. The number of aldehydes is 1. The Morgan fingerprint density at radius 1 is 1.57 bits per heavy atom. The van der Waals surface area contributed by atoms with Crippen molar-refractivity contribution in [1.29, 1.82) is 0 Å². The Morgan fingerprint density at radius 3 is 3.07 bits per heavy atom. The molecule has 0 saturated heterocycles. The van der Waals surface area contributed by atoms with Crippen LogP contribution < -0.4 is 4.74 Å². The predicted octanol–water partition coefficient (Wildman–Crippen LogP) is 2.28. The molecule has 1 aliphatic rings. The molecule has 1 unspecified atom stereocenters. The Bertz CT molecular complexity index is 362. The van der Waals surface area contributed by atoms with Gasteiger partial charge in [0.1, 0.15) is 17.9 Å². The number of carbonyl (C=O) groups excluding carboxylic acids is 1. The number of hydrogen-bond acceptors (Lipinski definition) is 2. The van der Waals surface area contributed by atoms with E-state index >= 15 is 0 Å². The van der Waals surface area contributed by atoms with Crippen LogP contribution in [0.5, 0.6) is 5.75 Å². The lowest BCUT2D eigenvalue weighted by molar-refractivity contribution is -0.110. The maximum absolute atomic E-state index is 12.9. The van der Waals surface area contributed by atoms with Gasteiger partial charge in [-0.1, -0.05) is 0 Å². The molecule has 74 valence electrons. The topological polar surface area (TPSA) is 26.3 Å². The lowest BCUT2D eigenvalue weighted by Gasteiger charge is -2.27. The first kappa shape index (κ1) is 9.19. The molecule has 2 nitrogen and oxygen atoms in total. The number of benzene rings is 1. The number of ether oxygens (including phenoxy) is 1. The Labute approximate surface area is 81.7 Å². The minimum absolute atomic E-state index is 0.0168. The van der Waals surface area contributed by atoms with Crippen LogP contribution in [0.4, 0.5) is 4.39 Å². The summed E-state index contributed by atoms with van der Waals surface area (Å²) in [4.78, 5) is 10.8. The number of halogens is 1.